The van der Waals surface area contributed by atoms with E-state index in [0.29, 0.717) is 27.5 Å². The fraction of sp³-hybridized carbons (Fsp3) is 0.286. The number of hydrogen-bond donors (Lipinski definition) is 1. The van der Waals surface area contributed by atoms with Gasteiger partial charge in [0, 0.05) is 28.5 Å². The number of phenolic OH excluding ortho intramolecular Hbond substituents is 1. The predicted molar refractivity (Wildman–Crippen MR) is 104 cm³/mol. The van der Waals surface area contributed by atoms with Crippen LogP contribution in [0.5, 0.6) is 5.75 Å². The Morgan fingerprint density at radius 1 is 1.30 bits per heavy atom. The Bertz CT molecular complexity index is 1140. The molecule has 1 aliphatic rings. The summed E-state index contributed by atoms with van der Waals surface area (Å²) in [6, 6.07) is 9.03. The van der Waals surface area contributed by atoms with Crippen molar-refractivity contribution in [3.8, 4) is 11.8 Å². The van der Waals surface area contributed by atoms with Crippen LogP contribution < -0.4 is 5.63 Å². The van der Waals surface area contributed by atoms with Crippen molar-refractivity contribution < 1.29 is 9.52 Å². The summed E-state index contributed by atoms with van der Waals surface area (Å²) in [5.74, 6) is 0.589. The van der Waals surface area contributed by atoms with Crippen molar-refractivity contribution in [2.75, 3.05) is 0 Å². The minimum absolute atomic E-state index is 0.0959. The van der Waals surface area contributed by atoms with Gasteiger partial charge in [-0.2, -0.15) is 5.26 Å². The second kappa shape index (κ2) is 7.09. The second-order valence-corrected chi connectivity index (χ2v) is 7.70. The first-order chi connectivity index (χ1) is 13.1. The summed E-state index contributed by atoms with van der Waals surface area (Å²) >= 11 is 1.45. The van der Waals surface area contributed by atoms with Crippen LogP contribution in [0.3, 0.4) is 0 Å². The van der Waals surface area contributed by atoms with Crippen LogP contribution in [0.4, 0.5) is 0 Å². The average Bonchev–Trinajstić information content (AvgIpc) is 2.68. The Kier molecular flexibility index (Phi) is 4.63. The Morgan fingerprint density at radius 3 is 2.93 bits per heavy atom. The Labute approximate surface area is 160 Å². The molecule has 5 nitrogen and oxygen atoms in total. The lowest BCUT2D eigenvalue weighted by atomic mass is 9.95. The van der Waals surface area contributed by atoms with E-state index in [1.165, 1.54) is 23.4 Å². The smallest absolute Gasteiger partial charge is 0.336 e. The van der Waals surface area contributed by atoms with Gasteiger partial charge in [-0.1, -0.05) is 0 Å². The number of fused-ring (bicyclic) bond motifs is 2. The summed E-state index contributed by atoms with van der Waals surface area (Å²) in [5, 5.41) is 20.9. The average molecular weight is 378 g/mol. The van der Waals surface area contributed by atoms with Crippen molar-refractivity contribution in [3.63, 3.8) is 0 Å². The van der Waals surface area contributed by atoms with Gasteiger partial charge in [-0.25, -0.2) is 9.78 Å². The molecule has 0 amide bonds. The third kappa shape index (κ3) is 3.31. The van der Waals surface area contributed by atoms with Crippen LogP contribution in [0.2, 0.25) is 0 Å². The molecule has 0 spiro atoms. The molecule has 136 valence electrons. The maximum atomic E-state index is 12.0. The highest BCUT2D eigenvalue weighted by Crippen LogP contribution is 2.32. The lowest BCUT2D eigenvalue weighted by Gasteiger charge is -2.16. The van der Waals surface area contributed by atoms with Gasteiger partial charge < -0.3 is 9.52 Å². The Balaban J connectivity index is 1.71. The molecule has 2 heterocycles. The molecule has 0 saturated carbocycles. The van der Waals surface area contributed by atoms with E-state index in [1.807, 2.05) is 6.07 Å². The number of aryl methyl sites for hydroxylation is 3. The van der Waals surface area contributed by atoms with Gasteiger partial charge in [0.2, 0.25) is 0 Å². The molecule has 1 aliphatic carbocycles. The van der Waals surface area contributed by atoms with Crippen molar-refractivity contribution in [2.45, 2.75) is 43.4 Å². The molecule has 0 unspecified atom stereocenters. The highest BCUT2D eigenvalue weighted by Gasteiger charge is 2.17. The minimum atomic E-state index is -0.453. The third-order valence-corrected chi connectivity index (χ3v) is 6.01. The Hall–Kier alpha value is -2.78. The number of aromatic hydroxyl groups is 1. The molecular formula is C21H18N2O3S. The summed E-state index contributed by atoms with van der Waals surface area (Å²) in [6.07, 6.45) is 4.20. The lowest BCUT2D eigenvalue weighted by Crippen LogP contribution is -2.07. The highest BCUT2D eigenvalue weighted by molar-refractivity contribution is 7.98. The fourth-order valence-corrected chi connectivity index (χ4v) is 4.45. The number of nitriles is 1. The standard InChI is InChI=1S/C21H18N2O3S/c1-12-18(24)7-6-16-15(9-19(25)26-20(12)16)11-27-21-14(10-22)8-13-4-2-3-5-17(13)23-21/h6-9,24H,2-5,11H2,1H3. The number of thioether (sulfide) groups is 1. The second-order valence-electron chi connectivity index (χ2n) is 6.73. The van der Waals surface area contributed by atoms with E-state index in [1.54, 1.807) is 19.1 Å². The molecule has 2 aromatic heterocycles. The molecule has 4 rings (SSSR count). The number of rotatable bonds is 3. The van der Waals surface area contributed by atoms with Crippen LogP contribution in [0.25, 0.3) is 11.0 Å². The van der Waals surface area contributed by atoms with Crippen molar-refractivity contribution in [1.82, 2.24) is 4.98 Å². The third-order valence-electron chi connectivity index (χ3n) is 4.97. The molecule has 0 bridgehead atoms. The molecule has 1 aromatic carbocycles. The van der Waals surface area contributed by atoms with Gasteiger partial charge >= 0.3 is 5.63 Å². The zero-order chi connectivity index (χ0) is 19.0. The van der Waals surface area contributed by atoms with Gasteiger partial charge in [-0.3, -0.25) is 0 Å². The molecule has 0 atom stereocenters. The molecule has 6 heteroatoms. The first kappa shape index (κ1) is 17.6. The topological polar surface area (TPSA) is 87.1 Å². The molecule has 3 aromatic rings. The van der Waals surface area contributed by atoms with Crippen LogP contribution in [0.1, 0.15) is 40.8 Å². The van der Waals surface area contributed by atoms with Crippen molar-refractivity contribution in [3.05, 3.63) is 62.6 Å². The quantitative estimate of drug-likeness (QED) is 0.542. The van der Waals surface area contributed by atoms with Crippen LogP contribution >= 0.6 is 11.8 Å². The monoisotopic (exact) mass is 378 g/mol. The fourth-order valence-electron chi connectivity index (χ4n) is 3.49. The normalized spacial score (nSPS) is 13.3. The molecule has 27 heavy (non-hydrogen) atoms. The zero-order valence-electron chi connectivity index (χ0n) is 14.9. The molecular weight excluding hydrogens is 360 g/mol. The maximum Gasteiger partial charge on any atom is 0.336 e. The predicted octanol–water partition coefficient (Wildman–Crippen LogP) is 4.24. The molecule has 0 fully saturated rings. The summed E-state index contributed by atoms with van der Waals surface area (Å²) in [5.41, 5.74) is 4.14. The van der Waals surface area contributed by atoms with Gasteiger partial charge in [0.1, 0.15) is 22.4 Å². The summed E-state index contributed by atoms with van der Waals surface area (Å²) < 4.78 is 5.29. The number of aromatic nitrogens is 1. The van der Waals surface area contributed by atoms with Crippen molar-refractivity contribution >= 4 is 22.7 Å². The maximum absolute atomic E-state index is 12.0. The van der Waals surface area contributed by atoms with Crippen LogP contribution in [-0.2, 0) is 18.6 Å². The molecule has 1 N–H and O–H groups in total. The molecule has 0 radical (unpaired) electrons. The van der Waals surface area contributed by atoms with E-state index in [4.69, 9.17) is 9.40 Å². The van der Waals surface area contributed by atoms with E-state index < -0.39 is 5.63 Å². The van der Waals surface area contributed by atoms with Crippen molar-refractivity contribution in [1.29, 1.82) is 5.26 Å². The highest BCUT2D eigenvalue weighted by atomic mass is 32.2. The summed E-state index contributed by atoms with van der Waals surface area (Å²) in [6.45, 7) is 1.72. The number of pyridine rings is 1. The van der Waals surface area contributed by atoms with E-state index in [2.05, 4.69) is 6.07 Å². The molecule has 0 aliphatic heterocycles. The van der Waals surface area contributed by atoms with Crippen LogP contribution in [-0.4, -0.2) is 10.1 Å². The minimum Gasteiger partial charge on any atom is -0.508 e. The van der Waals surface area contributed by atoms with Gasteiger partial charge in [0.15, 0.2) is 0 Å². The number of benzene rings is 1. The SMILES string of the molecule is Cc1c(O)ccc2c(CSc3nc4c(cc3C#N)CCCC4)cc(=O)oc12. The van der Waals surface area contributed by atoms with E-state index >= 15 is 0 Å². The largest absolute Gasteiger partial charge is 0.508 e. The zero-order valence-corrected chi connectivity index (χ0v) is 15.7. The molecule has 0 saturated heterocycles. The first-order valence-electron chi connectivity index (χ1n) is 8.88. The number of phenols is 1. The number of hydrogen-bond acceptors (Lipinski definition) is 6. The van der Waals surface area contributed by atoms with E-state index in [9.17, 15) is 15.2 Å². The summed E-state index contributed by atoms with van der Waals surface area (Å²) in [7, 11) is 0. The number of nitrogens with zero attached hydrogens (tertiary/aromatic N) is 2. The van der Waals surface area contributed by atoms with Crippen molar-refractivity contribution in [2.24, 2.45) is 0 Å². The van der Waals surface area contributed by atoms with Gasteiger partial charge in [0.05, 0.1) is 5.56 Å². The van der Waals surface area contributed by atoms with Gasteiger partial charge in [-0.15, -0.1) is 11.8 Å². The first-order valence-corrected chi connectivity index (χ1v) is 9.86. The summed E-state index contributed by atoms with van der Waals surface area (Å²) in [4.78, 5) is 16.7. The van der Waals surface area contributed by atoms with Crippen LogP contribution in [0.15, 0.2) is 38.5 Å². The van der Waals surface area contributed by atoms with E-state index in [0.717, 1.165) is 42.3 Å². The van der Waals surface area contributed by atoms with Gasteiger partial charge in [-0.05, 0) is 61.9 Å². The van der Waals surface area contributed by atoms with Gasteiger partial charge in [0.25, 0.3) is 0 Å². The van der Waals surface area contributed by atoms with E-state index in [-0.39, 0.29) is 5.75 Å². The van der Waals surface area contributed by atoms with Crippen LogP contribution in [0, 0.1) is 18.3 Å². The Morgan fingerprint density at radius 2 is 2.11 bits per heavy atom. The lowest BCUT2D eigenvalue weighted by molar-refractivity contribution is 0.468.